The van der Waals surface area contributed by atoms with E-state index in [0.29, 0.717) is 11.3 Å². The van der Waals surface area contributed by atoms with Crippen LogP contribution in [0.25, 0.3) is 0 Å². The molecular weight excluding hydrogens is 274 g/mol. The summed E-state index contributed by atoms with van der Waals surface area (Å²) < 4.78 is 53.0. The number of hydrogen-bond acceptors (Lipinski definition) is 2. The van der Waals surface area contributed by atoms with Crippen molar-refractivity contribution in [3.05, 3.63) is 59.9 Å². The highest BCUT2D eigenvalue weighted by atomic mass is 19.4. The summed E-state index contributed by atoms with van der Waals surface area (Å²) in [7, 11) is 0. The second-order valence-corrected chi connectivity index (χ2v) is 4.06. The molecule has 2 nitrogen and oxygen atoms in total. The van der Waals surface area contributed by atoms with Gasteiger partial charge in [0.1, 0.15) is 11.6 Å². The van der Waals surface area contributed by atoms with Crippen LogP contribution in [0.5, 0.6) is 5.75 Å². The van der Waals surface area contributed by atoms with Gasteiger partial charge < -0.3 is 10.1 Å². The van der Waals surface area contributed by atoms with E-state index in [0.717, 1.165) is 0 Å². The summed E-state index contributed by atoms with van der Waals surface area (Å²) >= 11 is 0. The SMILES string of the molecule is Fc1cccc(NCc2cccc(OC(F)(F)F)c2)c1. The fourth-order valence-corrected chi connectivity index (χ4v) is 1.66. The van der Waals surface area contributed by atoms with E-state index in [4.69, 9.17) is 0 Å². The van der Waals surface area contributed by atoms with E-state index in [9.17, 15) is 17.6 Å². The number of nitrogens with one attached hydrogen (secondary N) is 1. The molecule has 0 fully saturated rings. The lowest BCUT2D eigenvalue weighted by Crippen LogP contribution is -2.17. The van der Waals surface area contributed by atoms with Gasteiger partial charge in [-0.25, -0.2) is 4.39 Å². The first-order chi connectivity index (χ1) is 9.42. The zero-order valence-electron chi connectivity index (χ0n) is 10.2. The minimum atomic E-state index is -4.71. The van der Waals surface area contributed by atoms with Gasteiger partial charge in [-0.1, -0.05) is 18.2 Å². The number of hydrogen-bond donors (Lipinski definition) is 1. The Kier molecular flexibility index (Phi) is 4.12. The topological polar surface area (TPSA) is 21.3 Å². The van der Waals surface area contributed by atoms with E-state index in [1.165, 1.54) is 30.3 Å². The molecule has 0 unspecified atom stereocenters. The smallest absolute Gasteiger partial charge is 0.406 e. The first-order valence-corrected chi connectivity index (χ1v) is 5.76. The van der Waals surface area contributed by atoms with Crippen LogP contribution < -0.4 is 10.1 Å². The normalized spacial score (nSPS) is 11.2. The largest absolute Gasteiger partial charge is 0.573 e. The predicted molar refractivity (Wildman–Crippen MR) is 66.9 cm³/mol. The molecule has 0 heterocycles. The van der Waals surface area contributed by atoms with Crippen LogP contribution in [0.4, 0.5) is 23.2 Å². The number of alkyl halides is 3. The lowest BCUT2D eigenvalue weighted by atomic mass is 10.2. The zero-order chi connectivity index (χ0) is 14.6. The maximum atomic E-state index is 13.0. The molecule has 6 heteroatoms. The second kappa shape index (κ2) is 5.81. The van der Waals surface area contributed by atoms with E-state index in [1.807, 2.05) is 0 Å². The molecule has 0 aliphatic carbocycles. The highest BCUT2D eigenvalue weighted by Crippen LogP contribution is 2.23. The molecule has 2 rings (SSSR count). The fraction of sp³-hybridized carbons (Fsp3) is 0.143. The average Bonchev–Trinajstić information content (AvgIpc) is 2.35. The molecule has 106 valence electrons. The minimum absolute atomic E-state index is 0.262. The van der Waals surface area contributed by atoms with Gasteiger partial charge in [0.05, 0.1) is 0 Å². The predicted octanol–water partition coefficient (Wildman–Crippen LogP) is 4.34. The van der Waals surface area contributed by atoms with Gasteiger partial charge in [-0.05, 0) is 35.9 Å². The molecule has 0 aliphatic rings. The van der Waals surface area contributed by atoms with E-state index >= 15 is 0 Å². The van der Waals surface area contributed by atoms with Crippen molar-refractivity contribution in [1.82, 2.24) is 0 Å². The van der Waals surface area contributed by atoms with Gasteiger partial charge >= 0.3 is 6.36 Å². The molecule has 0 spiro atoms. The summed E-state index contributed by atoms with van der Waals surface area (Å²) in [5, 5.41) is 2.92. The maximum absolute atomic E-state index is 13.0. The third-order valence-electron chi connectivity index (χ3n) is 2.45. The Morgan fingerprint density at radius 2 is 1.75 bits per heavy atom. The van der Waals surface area contributed by atoms with Crippen LogP contribution >= 0.6 is 0 Å². The fourth-order valence-electron chi connectivity index (χ4n) is 1.66. The van der Waals surface area contributed by atoms with Crippen molar-refractivity contribution in [1.29, 1.82) is 0 Å². The molecule has 0 atom stereocenters. The molecule has 2 aromatic carbocycles. The molecule has 20 heavy (non-hydrogen) atoms. The van der Waals surface area contributed by atoms with Crippen LogP contribution in [0.3, 0.4) is 0 Å². The molecular formula is C14H11F4NO. The average molecular weight is 285 g/mol. The summed E-state index contributed by atoms with van der Waals surface area (Å²) in [6.45, 7) is 0.262. The summed E-state index contributed by atoms with van der Waals surface area (Å²) in [5.41, 5.74) is 1.14. The Morgan fingerprint density at radius 1 is 1.00 bits per heavy atom. The van der Waals surface area contributed by atoms with Crippen molar-refractivity contribution in [2.75, 3.05) is 5.32 Å². The first-order valence-electron chi connectivity index (χ1n) is 5.76. The Balaban J connectivity index is 2.01. The summed E-state index contributed by atoms with van der Waals surface area (Å²) in [6.07, 6.45) is -4.71. The third kappa shape index (κ3) is 4.46. The summed E-state index contributed by atoms with van der Waals surface area (Å²) in [5.74, 6) is -0.666. The van der Waals surface area contributed by atoms with Gasteiger partial charge in [-0.3, -0.25) is 0 Å². The highest BCUT2D eigenvalue weighted by molar-refractivity contribution is 5.44. The molecule has 0 bridgehead atoms. The molecule has 0 aromatic heterocycles. The van der Waals surface area contributed by atoms with Crippen LogP contribution in [-0.4, -0.2) is 6.36 Å². The van der Waals surface area contributed by atoms with Gasteiger partial charge in [0, 0.05) is 12.2 Å². The van der Waals surface area contributed by atoms with Crippen molar-refractivity contribution in [3.8, 4) is 5.75 Å². The summed E-state index contributed by atoms with van der Waals surface area (Å²) in [6, 6.07) is 11.4. The Bertz CT molecular complexity index is 583. The molecule has 0 radical (unpaired) electrons. The molecule has 0 aliphatic heterocycles. The van der Waals surface area contributed by atoms with Crippen molar-refractivity contribution in [2.24, 2.45) is 0 Å². The van der Waals surface area contributed by atoms with Crippen molar-refractivity contribution < 1.29 is 22.3 Å². The first kappa shape index (κ1) is 14.2. The minimum Gasteiger partial charge on any atom is -0.406 e. The highest BCUT2D eigenvalue weighted by Gasteiger charge is 2.31. The molecule has 0 saturated carbocycles. The van der Waals surface area contributed by atoms with E-state index in [-0.39, 0.29) is 18.1 Å². The standard InChI is InChI=1S/C14H11F4NO/c15-11-4-2-5-12(8-11)19-9-10-3-1-6-13(7-10)20-14(16,17)18/h1-8,19H,9H2. The number of rotatable bonds is 4. The van der Waals surface area contributed by atoms with Crippen LogP contribution in [-0.2, 0) is 6.54 Å². The van der Waals surface area contributed by atoms with E-state index in [1.54, 1.807) is 18.2 Å². The maximum Gasteiger partial charge on any atom is 0.573 e. The molecule has 2 aromatic rings. The monoisotopic (exact) mass is 285 g/mol. The number of benzene rings is 2. The van der Waals surface area contributed by atoms with Crippen LogP contribution in [0, 0.1) is 5.82 Å². The summed E-state index contributed by atoms with van der Waals surface area (Å²) in [4.78, 5) is 0. The van der Waals surface area contributed by atoms with E-state index < -0.39 is 6.36 Å². The van der Waals surface area contributed by atoms with Gasteiger partial charge in [-0.2, -0.15) is 0 Å². The quantitative estimate of drug-likeness (QED) is 0.844. The number of anilines is 1. The number of halogens is 4. The Morgan fingerprint density at radius 3 is 2.45 bits per heavy atom. The lowest BCUT2D eigenvalue weighted by Gasteiger charge is -2.11. The van der Waals surface area contributed by atoms with Crippen molar-refractivity contribution >= 4 is 5.69 Å². The Labute approximate surface area is 113 Å². The van der Waals surface area contributed by atoms with Gasteiger partial charge in [-0.15, -0.1) is 13.2 Å². The van der Waals surface area contributed by atoms with E-state index in [2.05, 4.69) is 10.1 Å². The second-order valence-electron chi connectivity index (χ2n) is 4.06. The van der Waals surface area contributed by atoms with Gasteiger partial charge in [0.15, 0.2) is 0 Å². The van der Waals surface area contributed by atoms with Crippen LogP contribution in [0.1, 0.15) is 5.56 Å². The van der Waals surface area contributed by atoms with Gasteiger partial charge in [0.2, 0.25) is 0 Å². The lowest BCUT2D eigenvalue weighted by molar-refractivity contribution is -0.274. The van der Waals surface area contributed by atoms with Crippen LogP contribution in [0.15, 0.2) is 48.5 Å². The molecule has 0 amide bonds. The number of ether oxygens (including phenoxy) is 1. The van der Waals surface area contributed by atoms with Crippen molar-refractivity contribution in [2.45, 2.75) is 12.9 Å². The zero-order valence-corrected chi connectivity index (χ0v) is 10.2. The van der Waals surface area contributed by atoms with Crippen LogP contribution in [0.2, 0.25) is 0 Å². The van der Waals surface area contributed by atoms with Gasteiger partial charge in [0.25, 0.3) is 0 Å². The molecule has 0 saturated heterocycles. The molecule has 1 N–H and O–H groups in total. The Hall–Kier alpha value is -2.24. The van der Waals surface area contributed by atoms with Crippen molar-refractivity contribution in [3.63, 3.8) is 0 Å². The third-order valence-corrected chi connectivity index (χ3v) is 2.45.